The summed E-state index contributed by atoms with van der Waals surface area (Å²) >= 11 is 6.04. The van der Waals surface area contributed by atoms with Gasteiger partial charge < -0.3 is 26.0 Å². The summed E-state index contributed by atoms with van der Waals surface area (Å²) in [4.78, 5) is 42.1. The van der Waals surface area contributed by atoms with Gasteiger partial charge in [-0.1, -0.05) is 43.7 Å². The summed E-state index contributed by atoms with van der Waals surface area (Å²) in [5.41, 5.74) is 5.66. The number of halogens is 1. The molecule has 1 aromatic carbocycles. The summed E-state index contributed by atoms with van der Waals surface area (Å²) in [7, 11) is 0. The van der Waals surface area contributed by atoms with Crippen LogP contribution in [0.5, 0.6) is 0 Å². The third kappa shape index (κ3) is 8.50. The van der Waals surface area contributed by atoms with Crippen LogP contribution in [0.15, 0.2) is 36.9 Å². The molecule has 2 atom stereocenters. The van der Waals surface area contributed by atoms with Crippen LogP contribution >= 0.6 is 11.6 Å². The molecule has 2 aliphatic heterocycles. The first-order valence-electron chi connectivity index (χ1n) is 14.1. The van der Waals surface area contributed by atoms with Crippen molar-refractivity contribution in [1.82, 2.24) is 25.1 Å². The normalized spacial score (nSPS) is 19.4. The molecule has 0 spiro atoms. The van der Waals surface area contributed by atoms with Crippen LogP contribution in [0.2, 0.25) is 5.02 Å². The number of nitrogens with zero attached hydrogens (tertiary/aromatic N) is 4. The molecule has 2 heterocycles. The smallest absolute Gasteiger partial charge is 0.248 e. The maximum Gasteiger partial charge on any atom is 0.248 e. The molecular formula is C29H45ClN6O4. The highest BCUT2D eigenvalue weighted by Crippen LogP contribution is 2.22. The van der Waals surface area contributed by atoms with Gasteiger partial charge in [-0.2, -0.15) is 0 Å². The lowest BCUT2D eigenvalue weighted by Gasteiger charge is -2.47. The molecule has 1 unspecified atom stereocenters. The monoisotopic (exact) mass is 576 g/mol. The van der Waals surface area contributed by atoms with Crippen molar-refractivity contribution in [2.75, 3.05) is 52.4 Å². The van der Waals surface area contributed by atoms with Crippen molar-refractivity contribution in [1.29, 1.82) is 0 Å². The average Bonchev–Trinajstić information content (AvgIpc) is 2.96. The van der Waals surface area contributed by atoms with Crippen molar-refractivity contribution in [3.8, 4) is 0 Å². The number of carbonyl (C=O) groups is 3. The molecule has 2 fully saturated rings. The summed E-state index contributed by atoms with van der Waals surface area (Å²) in [6.07, 6.45) is 3.38. The number of nitrogens with one attached hydrogen (secondary N) is 1. The van der Waals surface area contributed by atoms with Crippen molar-refractivity contribution in [3.63, 3.8) is 0 Å². The number of rotatable bonds is 11. The fourth-order valence-corrected chi connectivity index (χ4v) is 5.37. The Labute approximate surface area is 243 Å². The van der Waals surface area contributed by atoms with Gasteiger partial charge in [0.15, 0.2) is 0 Å². The quantitative estimate of drug-likeness (QED) is 0.339. The van der Waals surface area contributed by atoms with Gasteiger partial charge in [-0.3, -0.25) is 14.4 Å². The van der Waals surface area contributed by atoms with Gasteiger partial charge in [0.1, 0.15) is 18.2 Å². The molecule has 3 amide bonds. The van der Waals surface area contributed by atoms with E-state index in [9.17, 15) is 19.5 Å². The Balaban J connectivity index is 1.67. The lowest BCUT2D eigenvalue weighted by molar-refractivity contribution is -0.147. The van der Waals surface area contributed by atoms with Gasteiger partial charge in [-0.05, 0) is 43.4 Å². The molecule has 3 rings (SSSR count). The van der Waals surface area contributed by atoms with Crippen LogP contribution in [-0.2, 0) is 20.8 Å². The molecule has 0 radical (unpaired) electrons. The topological polar surface area (TPSA) is 122 Å². The molecule has 40 heavy (non-hydrogen) atoms. The maximum absolute atomic E-state index is 13.7. The minimum atomic E-state index is -1.30. The molecule has 2 aliphatic rings. The van der Waals surface area contributed by atoms with E-state index in [1.807, 2.05) is 17.0 Å². The minimum Gasteiger partial charge on any atom is -0.387 e. The molecule has 1 aromatic rings. The second-order valence-corrected chi connectivity index (χ2v) is 11.8. The molecule has 0 aliphatic carbocycles. The van der Waals surface area contributed by atoms with E-state index in [1.165, 1.54) is 6.08 Å². The number of piperazine rings is 1. The van der Waals surface area contributed by atoms with E-state index < -0.39 is 24.1 Å². The van der Waals surface area contributed by atoms with Crippen LogP contribution in [-0.4, -0.2) is 113 Å². The molecule has 0 bridgehead atoms. The SMILES string of the molecule is C=CC(C)(N)C(=O)N[C@H](Cc1ccc(Cl)cc1)C(=O)N1CCN(N(CC(C)C)C2CCN(C(=O)CO)CC2)CC1. The highest BCUT2D eigenvalue weighted by atomic mass is 35.5. The first-order valence-corrected chi connectivity index (χ1v) is 14.5. The van der Waals surface area contributed by atoms with Gasteiger partial charge in [0, 0.05) is 63.3 Å². The van der Waals surface area contributed by atoms with Crippen molar-refractivity contribution in [2.45, 2.75) is 57.7 Å². The van der Waals surface area contributed by atoms with E-state index in [2.05, 4.69) is 35.8 Å². The predicted octanol–water partition coefficient (Wildman–Crippen LogP) is 1.27. The molecule has 222 valence electrons. The summed E-state index contributed by atoms with van der Waals surface area (Å²) in [6.45, 7) is 13.7. The summed E-state index contributed by atoms with van der Waals surface area (Å²) < 4.78 is 0. The van der Waals surface area contributed by atoms with E-state index in [-0.39, 0.29) is 11.8 Å². The zero-order valence-electron chi connectivity index (χ0n) is 24.0. The third-order valence-electron chi connectivity index (χ3n) is 7.73. The van der Waals surface area contributed by atoms with Crippen molar-refractivity contribution >= 4 is 29.3 Å². The first-order chi connectivity index (χ1) is 18.9. The zero-order chi connectivity index (χ0) is 29.4. The predicted molar refractivity (Wildman–Crippen MR) is 156 cm³/mol. The minimum absolute atomic E-state index is 0.144. The van der Waals surface area contributed by atoms with Crippen LogP contribution in [0, 0.1) is 5.92 Å². The number of nitrogens with two attached hydrogens (primary N) is 1. The average molecular weight is 577 g/mol. The summed E-state index contributed by atoms with van der Waals surface area (Å²) in [5.74, 6) is -0.368. The second kappa shape index (κ2) is 14.4. The fourth-order valence-electron chi connectivity index (χ4n) is 5.24. The first kappa shape index (κ1) is 32.0. The Hall–Kier alpha value is -2.50. The van der Waals surface area contributed by atoms with Gasteiger partial charge in [-0.15, -0.1) is 6.58 Å². The zero-order valence-corrected chi connectivity index (χ0v) is 24.8. The van der Waals surface area contributed by atoms with Gasteiger partial charge in [0.25, 0.3) is 0 Å². The fraction of sp³-hybridized carbons (Fsp3) is 0.621. The number of aliphatic hydroxyl groups excluding tert-OH is 1. The Kier molecular flexibility index (Phi) is 11.5. The molecular weight excluding hydrogens is 532 g/mol. The standard InChI is InChI=1S/C29H45ClN6O4/c1-5-29(4,31)28(40)32-25(18-22-6-8-23(30)9-7-22)27(39)34-14-16-35(17-15-34)36(19-21(2)3)24-10-12-33(13-11-24)26(38)20-37/h5-9,21,24-25,37H,1,10-20,31H2,2-4H3,(H,32,40)/t25-,29?/m1/s1. The lowest BCUT2D eigenvalue weighted by atomic mass is 10.00. The highest BCUT2D eigenvalue weighted by Gasteiger charge is 2.36. The van der Waals surface area contributed by atoms with Crippen LogP contribution in [0.3, 0.4) is 0 Å². The van der Waals surface area contributed by atoms with Crippen molar-refractivity contribution < 1.29 is 19.5 Å². The molecule has 4 N–H and O–H groups in total. The maximum atomic E-state index is 13.7. The summed E-state index contributed by atoms with van der Waals surface area (Å²) in [5, 5.41) is 17.4. The second-order valence-electron chi connectivity index (χ2n) is 11.4. The highest BCUT2D eigenvalue weighted by molar-refractivity contribution is 6.30. The van der Waals surface area contributed by atoms with Crippen molar-refractivity contribution in [3.05, 3.63) is 47.5 Å². The van der Waals surface area contributed by atoms with Crippen LogP contribution in [0.1, 0.15) is 39.2 Å². The van der Waals surface area contributed by atoms with Crippen LogP contribution in [0.4, 0.5) is 0 Å². The van der Waals surface area contributed by atoms with Crippen molar-refractivity contribution in [2.24, 2.45) is 11.7 Å². The molecule has 2 saturated heterocycles. The number of piperidine rings is 1. The van der Waals surface area contributed by atoms with Crippen LogP contribution < -0.4 is 11.1 Å². The number of likely N-dealkylation sites (tertiary alicyclic amines) is 1. The number of carbonyl (C=O) groups excluding carboxylic acids is 3. The largest absolute Gasteiger partial charge is 0.387 e. The van der Waals surface area contributed by atoms with Crippen LogP contribution in [0.25, 0.3) is 0 Å². The van der Waals surface area contributed by atoms with Gasteiger partial charge in [0.2, 0.25) is 17.7 Å². The van der Waals surface area contributed by atoms with Gasteiger partial charge in [0.05, 0.1) is 0 Å². The van der Waals surface area contributed by atoms with E-state index in [4.69, 9.17) is 17.3 Å². The Morgan fingerprint density at radius 2 is 1.73 bits per heavy atom. The molecule has 0 saturated carbocycles. The molecule has 10 nitrogen and oxygen atoms in total. The lowest BCUT2D eigenvalue weighted by Crippen LogP contribution is -2.62. The summed E-state index contributed by atoms with van der Waals surface area (Å²) in [6, 6.07) is 6.76. The number of hydrogen-bond acceptors (Lipinski definition) is 7. The number of benzene rings is 1. The Bertz CT molecular complexity index is 1020. The van der Waals surface area contributed by atoms with Gasteiger partial charge >= 0.3 is 0 Å². The molecule has 0 aromatic heterocycles. The van der Waals surface area contributed by atoms with E-state index in [0.717, 1.165) is 24.9 Å². The van der Waals surface area contributed by atoms with Gasteiger partial charge in [-0.25, -0.2) is 10.0 Å². The van der Waals surface area contributed by atoms with E-state index >= 15 is 0 Å². The third-order valence-corrected chi connectivity index (χ3v) is 7.98. The number of aliphatic hydroxyl groups is 1. The molecule has 11 heteroatoms. The Morgan fingerprint density at radius 1 is 1.12 bits per heavy atom. The number of hydrazine groups is 1. The van der Waals surface area contributed by atoms with E-state index in [1.54, 1.807) is 24.0 Å². The van der Waals surface area contributed by atoms with E-state index in [0.29, 0.717) is 62.7 Å². The Morgan fingerprint density at radius 3 is 2.25 bits per heavy atom. The number of amides is 3. The number of hydrogen-bond donors (Lipinski definition) is 3.